The van der Waals surface area contributed by atoms with E-state index in [-0.39, 0.29) is 11.9 Å². The van der Waals surface area contributed by atoms with Crippen LogP contribution in [0, 0.1) is 12.8 Å². The van der Waals surface area contributed by atoms with E-state index in [1.165, 1.54) is 0 Å². The minimum Gasteiger partial charge on any atom is -0.323 e. The van der Waals surface area contributed by atoms with E-state index >= 15 is 0 Å². The number of urea groups is 1. The molecule has 104 valence electrons. The zero-order chi connectivity index (χ0) is 13.8. The van der Waals surface area contributed by atoms with Crippen LogP contribution in [0.4, 0.5) is 10.5 Å². The summed E-state index contributed by atoms with van der Waals surface area (Å²) in [5.74, 6) is 1.55. The van der Waals surface area contributed by atoms with E-state index in [1.54, 1.807) is 4.90 Å². The van der Waals surface area contributed by atoms with Gasteiger partial charge < -0.3 is 10.2 Å². The number of hydrogen-bond acceptors (Lipinski definition) is 2. The first-order valence-electron chi connectivity index (χ1n) is 6.52. The number of rotatable bonds is 1. The lowest BCUT2D eigenvalue weighted by atomic mass is 10.2. The van der Waals surface area contributed by atoms with Crippen molar-refractivity contribution in [3.05, 3.63) is 29.8 Å². The summed E-state index contributed by atoms with van der Waals surface area (Å²) in [5.41, 5.74) is 1.92. The predicted octanol–water partition coefficient (Wildman–Crippen LogP) is 2.23. The summed E-state index contributed by atoms with van der Waals surface area (Å²) < 4.78 is 11.6. The topological polar surface area (TPSA) is 49.4 Å². The zero-order valence-corrected chi connectivity index (χ0v) is 12.2. The Morgan fingerprint density at radius 1 is 1.47 bits per heavy atom. The van der Waals surface area contributed by atoms with Gasteiger partial charge in [0.15, 0.2) is 0 Å². The van der Waals surface area contributed by atoms with Gasteiger partial charge in [0, 0.05) is 41.1 Å². The maximum atomic E-state index is 12.2. The maximum Gasteiger partial charge on any atom is 0.321 e. The van der Waals surface area contributed by atoms with E-state index in [1.807, 2.05) is 38.1 Å². The van der Waals surface area contributed by atoms with Crippen LogP contribution >= 0.6 is 0 Å². The van der Waals surface area contributed by atoms with Crippen LogP contribution in [0.5, 0.6) is 0 Å². The lowest BCUT2D eigenvalue weighted by Gasteiger charge is -2.22. The molecule has 1 aromatic rings. The Morgan fingerprint density at radius 3 is 3.00 bits per heavy atom. The number of anilines is 1. The van der Waals surface area contributed by atoms with Crippen LogP contribution in [0.1, 0.15) is 12.5 Å². The maximum absolute atomic E-state index is 12.2. The molecule has 1 aliphatic rings. The largest absolute Gasteiger partial charge is 0.323 e. The predicted molar refractivity (Wildman–Crippen MR) is 78.8 cm³/mol. The van der Waals surface area contributed by atoms with Crippen molar-refractivity contribution in [3.63, 3.8) is 0 Å². The van der Waals surface area contributed by atoms with Crippen molar-refractivity contribution >= 4 is 22.5 Å². The van der Waals surface area contributed by atoms with Crippen LogP contribution < -0.4 is 5.32 Å². The Hall–Kier alpha value is -1.36. The van der Waals surface area contributed by atoms with E-state index in [0.29, 0.717) is 24.6 Å². The van der Waals surface area contributed by atoms with Gasteiger partial charge in [-0.25, -0.2) is 4.79 Å². The summed E-state index contributed by atoms with van der Waals surface area (Å²) in [6, 6.07) is 7.63. The summed E-state index contributed by atoms with van der Waals surface area (Å²) in [6.45, 7) is 5.26. The van der Waals surface area contributed by atoms with Gasteiger partial charge in [-0.15, -0.1) is 0 Å². The van der Waals surface area contributed by atoms with Gasteiger partial charge in [0.05, 0.1) is 0 Å². The quantitative estimate of drug-likeness (QED) is 0.857. The first-order chi connectivity index (χ1) is 9.04. The van der Waals surface area contributed by atoms with E-state index in [2.05, 4.69) is 5.32 Å². The number of aryl methyl sites for hydroxylation is 1. The SMILES string of the molecule is Cc1cccc(NC(=O)N2CC[S@@](=O)C[C@H](C)C2)c1. The standard InChI is InChI=1S/C14H20N2O2S/c1-11-4-3-5-13(8-11)15-14(17)16-6-7-19(18)10-12(2)9-16/h3-5,8,12H,6-7,9-10H2,1-2H3,(H,15,17)/t12-,19-/m1/s1. The number of benzene rings is 1. The van der Waals surface area contributed by atoms with Crippen molar-refractivity contribution in [1.82, 2.24) is 4.90 Å². The molecular formula is C14H20N2O2S. The van der Waals surface area contributed by atoms with Crippen LogP contribution in [0.2, 0.25) is 0 Å². The zero-order valence-electron chi connectivity index (χ0n) is 11.4. The van der Waals surface area contributed by atoms with Crippen molar-refractivity contribution in [1.29, 1.82) is 0 Å². The third-order valence-corrected chi connectivity index (χ3v) is 4.73. The highest BCUT2D eigenvalue weighted by molar-refractivity contribution is 7.85. The highest BCUT2D eigenvalue weighted by atomic mass is 32.2. The summed E-state index contributed by atoms with van der Waals surface area (Å²) >= 11 is 0. The summed E-state index contributed by atoms with van der Waals surface area (Å²) in [7, 11) is -0.797. The third kappa shape index (κ3) is 4.06. The molecule has 0 radical (unpaired) electrons. The minimum atomic E-state index is -0.797. The number of nitrogens with one attached hydrogen (secondary N) is 1. The van der Waals surface area contributed by atoms with E-state index in [9.17, 15) is 9.00 Å². The molecular weight excluding hydrogens is 260 g/mol. The van der Waals surface area contributed by atoms with Crippen LogP contribution in [0.25, 0.3) is 0 Å². The molecule has 0 aliphatic carbocycles. The lowest BCUT2D eigenvalue weighted by Crippen LogP contribution is -2.38. The van der Waals surface area contributed by atoms with Gasteiger partial charge in [-0.3, -0.25) is 4.21 Å². The van der Waals surface area contributed by atoms with Crippen LogP contribution in [-0.2, 0) is 10.8 Å². The van der Waals surface area contributed by atoms with Crippen LogP contribution in [-0.4, -0.2) is 39.7 Å². The minimum absolute atomic E-state index is 0.101. The van der Waals surface area contributed by atoms with Crippen molar-refractivity contribution in [3.8, 4) is 0 Å². The molecule has 1 saturated heterocycles. The smallest absolute Gasteiger partial charge is 0.321 e. The van der Waals surface area contributed by atoms with Crippen molar-refractivity contribution in [2.45, 2.75) is 13.8 Å². The molecule has 5 heteroatoms. The van der Waals surface area contributed by atoms with E-state index in [4.69, 9.17) is 0 Å². The molecule has 2 amide bonds. The first kappa shape index (κ1) is 14.1. The number of nitrogens with zero attached hydrogens (tertiary/aromatic N) is 1. The number of carbonyl (C=O) groups excluding carboxylic acids is 1. The van der Waals surface area contributed by atoms with Crippen molar-refractivity contribution < 1.29 is 9.00 Å². The second-order valence-corrected chi connectivity index (χ2v) is 6.78. The number of carbonyl (C=O) groups is 1. The fraction of sp³-hybridized carbons (Fsp3) is 0.500. The van der Waals surface area contributed by atoms with Gasteiger partial charge >= 0.3 is 6.03 Å². The Bertz CT molecular complexity index is 490. The Morgan fingerprint density at radius 2 is 2.26 bits per heavy atom. The summed E-state index contributed by atoms with van der Waals surface area (Å²) in [6.07, 6.45) is 0. The molecule has 19 heavy (non-hydrogen) atoms. The molecule has 1 N–H and O–H groups in total. The average Bonchev–Trinajstić information content (AvgIpc) is 2.50. The fourth-order valence-electron chi connectivity index (χ4n) is 2.24. The molecule has 4 nitrogen and oxygen atoms in total. The number of amides is 2. The van der Waals surface area contributed by atoms with Crippen molar-refractivity contribution in [2.75, 3.05) is 29.9 Å². The van der Waals surface area contributed by atoms with Gasteiger partial charge in [-0.1, -0.05) is 19.1 Å². The molecule has 0 bridgehead atoms. The normalized spacial score (nSPS) is 23.8. The summed E-state index contributed by atoms with van der Waals surface area (Å²) in [4.78, 5) is 14.0. The van der Waals surface area contributed by atoms with Gasteiger partial charge in [0.2, 0.25) is 0 Å². The van der Waals surface area contributed by atoms with E-state index < -0.39 is 10.8 Å². The molecule has 0 unspecified atom stereocenters. The Balaban J connectivity index is 2.01. The second kappa shape index (κ2) is 6.19. The molecule has 1 aromatic carbocycles. The average molecular weight is 280 g/mol. The Kier molecular flexibility index (Phi) is 4.58. The monoisotopic (exact) mass is 280 g/mol. The molecule has 1 fully saturated rings. The molecule has 0 aromatic heterocycles. The highest BCUT2D eigenvalue weighted by Gasteiger charge is 2.22. The molecule has 1 aliphatic heterocycles. The lowest BCUT2D eigenvalue weighted by molar-refractivity contribution is 0.210. The van der Waals surface area contributed by atoms with Gasteiger partial charge in [0.1, 0.15) is 0 Å². The van der Waals surface area contributed by atoms with Gasteiger partial charge in [-0.05, 0) is 30.5 Å². The van der Waals surface area contributed by atoms with E-state index in [0.717, 1.165) is 11.3 Å². The molecule has 0 spiro atoms. The first-order valence-corrected chi connectivity index (χ1v) is 8.01. The molecule has 0 saturated carbocycles. The highest BCUT2D eigenvalue weighted by Crippen LogP contribution is 2.13. The third-order valence-electron chi connectivity index (χ3n) is 3.15. The van der Waals surface area contributed by atoms with Crippen LogP contribution in [0.3, 0.4) is 0 Å². The van der Waals surface area contributed by atoms with Gasteiger partial charge in [-0.2, -0.15) is 0 Å². The number of hydrogen-bond donors (Lipinski definition) is 1. The molecule has 2 rings (SSSR count). The Labute approximate surface area is 116 Å². The second-order valence-electron chi connectivity index (χ2n) is 5.16. The molecule has 1 heterocycles. The summed E-state index contributed by atoms with van der Waals surface area (Å²) in [5, 5.41) is 2.90. The molecule has 2 atom stereocenters. The van der Waals surface area contributed by atoms with Crippen molar-refractivity contribution in [2.24, 2.45) is 5.92 Å². The fourth-order valence-corrected chi connectivity index (χ4v) is 3.57. The van der Waals surface area contributed by atoms with Crippen LogP contribution in [0.15, 0.2) is 24.3 Å². The van der Waals surface area contributed by atoms with Gasteiger partial charge in [0.25, 0.3) is 0 Å².